The van der Waals surface area contributed by atoms with Crippen molar-refractivity contribution in [2.45, 2.75) is 38.3 Å². The van der Waals surface area contributed by atoms with Gasteiger partial charge in [0.05, 0.1) is 12.1 Å². The highest BCUT2D eigenvalue weighted by Crippen LogP contribution is 2.31. The van der Waals surface area contributed by atoms with E-state index in [0.29, 0.717) is 6.54 Å². The summed E-state index contributed by atoms with van der Waals surface area (Å²) in [5.74, 6) is 0.827. The molecule has 1 fully saturated rings. The van der Waals surface area contributed by atoms with Crippen LogP contribution >= 0.6 is 11.6 Å². The Labute approximate surface area is 131 Å². The Morgan fingerprint density at radius 1 is 1.38 bits per heavy atom. The van der Waals surface area contributed by atoms with E-state index in [-0.39, 0.29) is 0 Å². The number of aliphatic imine (C=N–C) groups is 1. The van der Waals surface area contributed by atoms with Gasteiger partial charge in [0.15, 0.2) is 5.96 Å². The van der Waals surface area contributed by atoms with Crippen LogP contribution in [0.5, 0.6) is 0 Å². The molecular formula is C16H24ClN3O. The highest BCUT2D eigenvalue weighted by Gasteiger charge is 2.34. The summed E-state index contributed by atoms with van der Waals surface area (Å²) in [6.07, 6.45) is 2.82. The molecule has 1 aliphatic rings. The largest absolute Gasteiger partial charge is 0.388 e. The number of hydrogen-bond donors (Lipinski definition) is 2. The molecule has 2 rings (SSSR count). The van der Waals surface area contributed by atoms with Gasteiger partial charge >= 0.3 is 0 Å². The number of nitrogens with one attached hydrogen (secondary N) is 1. The van der Waals surface area contributed by atoms with Gasteiger partial charge in [-0.05, 0) is 43.9 Å². The van der Waals surface area contributed by atoms with E-state index >= 15 is 0 Å². The number of halogens is 1. The van der Waals surface area contributed by atoms with Crippen LogP contribution in [0.3, 0.4) is 0 Å². The predicted octanol–water partition coefficient (Wildman–Crippen LogP) is 2.65. The van der Waals surface area contributed by atoms with Crippen LogP contribution in [0, 0.1) is 0 Å². The maximum Gasteiger partial charge on any atom is 0.194 e. The Morgan fingerprint density at radius 3 is 2.57 bits per heavy atom. The lowest BCUT2D eigenvalue weighted by molar-refractivity contribution is -0.0237. The monoisotopic (exact) mass is 309 g/mol. The number of benzene rings is 1. The Morgan fingerprint density at radius 2 is 2.05 bits per heavy atom. The van der Waals surface area contributed by atoms with Crippen LogP contribution in [0.25, 0.3) is 0 Å². The molecule has 21 heavy (non-hydrogen) atoms. The molecular weight excluding hydrogens is 286 g/mol. The van der Waals surface area contributed by atoms with Gasteiger partial charge in [-0.15, -0.1) is 0 Å². The fourth-order valence-electron chi connectivity index (χ4n) is 2.37. The summed E-state index contributed by atoms with van der Waals surface area (Å²) in [6.45, 7) is 4.08. The number of aliphatic hydroxyl groups is 1. The van der Waals surface area contributed by atoms with Crippen molar-refractivity contribution >= 4 is 17.6 Å². The molecule has 1 aromatic carbocycles. The molecule has 0 heterocycles. The summed E-state index contributed by atoms with van der Waals surface area (Å²) in [5.41, 5.74) is 0.594. The van der Waals surface area contributed by atoms with Gasteiger partial charge in [0.1, 0.15) is 0 Å². The molecule has 0 aliphatic heterocycles. The van der Waals surface area contributed by atoms with Crippen molar-refractivity contribution in [1.82, 2.24) is 10.2 Å². The fraction of sp³-hybridized carbons (Fsp3) is 0.562. The third-order valence-electron chi connectivity index (χ3n) is 3.84. The minimum Gasteiger partial charge on any atom is -0.388 e. The van der Waals surface area contributed by atoms with E-state index in [9.17, 15) is 5.11 Å². The first kappa shape index (κ1) is 16.1. The van der Waals surface area contributed by atoms with Crippen molar-refractivity contribution in [1.29, 1.82) is 0 Å². The van der Waals surface area contributed by atoms with Gasteiger partial charge in [0.25, 0.3) is 0 Å². The van der Waals surface area contributed by atoms with Gasteiger partial charge in [-0.1, -0.05) is 23.7 Å². The van der Waals surface area contributed by atoms with Gasteiger partial charge in [-0.25, -0.2) is 0 Å². The SMILES string of the molecule is CCNC(=NCC1(O)CCC1)N(C)Cc1ccc(Cl)cc1. The number of nitrogens with zero attached hydrogens (tertiary/aromatic N) is 2. The van der Waals surface area contributed by atoms with Gasteiger partial charge < -0.3 is 15.3 Å². The Balaban J connectivity index is 1.98. The first-order valence-corrected chi connectivity index (χ1v) is 7.86. The molecule has 0 aromatic heterocycles. The Hall–Kier alpha value is -1.26. The second-order valence-electron chi connectivity index (χ2n) is 5.73. The lowest BCUT2D eigenvalue weighted by Gasteiger charge is -2.35. The zero-order valence-electron chi connectivity index (χ0n) is 12.8. The first-order valence-electron chi connectivity index (χ1n) is 7.49. The molecule has 0 atom stereocenters. The third-order valence-corrected chi connectivity index (χ3v) is 4.09. The summed E-state index contributed by atoms with van der Waals surface area (Å²) in [5, 5.41) is 14.2. The molecule has 2 N–H and O–H groups in total. The maximum atomic E-state index is 10.2. The normalized spacial score (nSPS) is 17.2. The van der Waals surface area contributed by atoms with Crippen LogP contribution < -0.4 is 5.32 Å². The number of rotatable bonds is 5. The maximum absolute atomic E-state index is 10.2. The summed E-state index contributed by atoms with van der Waals surface area (Å²) in [7, 11) is 2.00. The van der Waals surface area contributed by atoms with Gasteiger partial charge in [-0.3, -0.25) is 4.99 Å². The van der Waals surface area contributed by atoms with Gasteiger partial charge in [-0.2, -0.15) is 0 Å². The van der Waals surface area contributed by atoms with E-state index in [2.05, 4.69) is 15.2 Å². The third kappa shape index (κ3) is 4.61. The average molecular weight is 310 g/mol. The van der Waals surface area contributed by atoms with E-state index in [4.69, 9.17) is 11.6 Å². The minimum absolute atomic E-state index is 0.473. The zero-order chi connectivity index (χ0) is 15.3. The van der Waals surface area contributed by atoms with Crippen LogP contribution in [-0.2, 0) is 6.54 Å². The second kappa shape index (κ2) is 7.14. The molecule has 0 spiro atoms. The van der Waals surface area contributed by atoms with Crippen molar-refractivity contribution in [2.24, 2.45) is 4.99 Å². The number of hydrogen-bond acceptors (Lipinski definition) is 2. The van der Waals surface area contributed by atoms with Crippen LogP contribution in [0.2, 0.25) is 5.02 Å². The molecule has 116 valence electrons. The molecule has 0 radical (unpaired) electrons. The summed E-state index contributed by atoms with van der Waals surface area (Å²) in [4.78, 5) is 6.64. The average Bonchev–Trinajstić information content (AvgIpc) is 2.43. The van der Waals surface area contributed by atoms with Gasteiger partial charge in [0, 0.05) is 25.2 Å². The quantitative estimate of drug-likeness (QED) is 0.649. The molecule has 0 bridgehead atoms. The van der Waals surface area contributed by atoms with E-state index in [1.165, 1.54) is 5.56 Å². The molecule has 1 aromatic rings. The summed E-state index contributed by atoms with van der Waals surface area (Å²) < 4.78 is 0. The van der Waals surface area contributed by atoms with E-state index in [1.807, 2.05) is 38.2 Å². The van der Waals surface area contributed by atoms with Crippen molar-refractivity contribution in [3.63, 3.8) is 0 Å². The van der Waals surface area contributed by atoms with Crippen LogP contribution in [0.4, 0.5) is 0 Å². The molecule has 0 unspecified atom stereocenters. The number of guanidine groups is 1. The van der Waals surface area contributed by atoms with Crippen LogP contribution in [0.1, 0.15) is 31.7 Å². The molecule has 5 heteroatoms. The Kier molecular flexibility index (Phi) is 5.48. The van der Waals surface area contributed by atoms with E-state index in [1.54, 1.807) is 0 Å². The molecule has 1 saturated carbocycles. The molecule has 4 nitrogen and oxygen atoms in total. The van der Waals surface area contributed by atoms with Crippen molar-refractivity contribution in [3.8, 4) is 0 Å². The van der Waals surface area contributed by atoms with Crippen molar-refractivity contribution in [3.05, 3.63) is 34.9 Å². The zero-order valence-corrected chi connectivity index (χ0v) is 13.5. The van der Waals surface area contributed by atoms with Crippen LogP contribution in [-0.4, -0.2) is 41.7 Å². The molecule has 0 amide bonds. The van der Waals surface area contributed by atoms with E-state index in [0.717, 1.165) is 43.3 Å². The summed E-state index contributed by atoms with van der Waals surface area (Å²) >= 11 is 5.91. The standard InChI is InChI=1S/C16H24ClN3O/c1-3-18-15(19-12-16(21)9-4-10-16)20(2)11-13-5-7-14(17)8-6-13/h5-8,21H,3-4,9-12H2,1-2H3,(H,18,19). The van der Waals surface area contributed by atoms with Crippen LogP contribution in [0.15, 0.2) is 29.3 Å². The molecule has 0 saturated heterocycles. The predicted molar refractivity (Wildman–Crippen MR) is 87.7 cm³/mol. The first-order chi connectivity index (χ1) is 10.0. The van der Waals surface area contributed by atoms with E-state index < -0.39 is 5.60 Å². The highest BCUT2D eigenvalue weighted by atomic mass is 35.5. The lowest BCUT2D eigenvalue weighted by atomic mass is 9.80. The summed E-state index contributed by atoms with van der Waals surface area (Å²) in [6, 6.07) is 7.82. The topological polar surface area (TPSA) is 47.9 Å². The fourth-order valence-corrected chi connectivity index (χ4v) is 2.50. The smallest absolute Gasteiger partial charge is 0.194 e. The minimum atomic E-state index is -0.582. The Bertz CT molecular complexity index is 483. The highest BCUT2D eigenvalue weighted by molar-refractivity contribution is 6.30. The van der Waals surface area contributed by atoms with Gasteiger partial charge in [0.2, 0.25) is 0 Å². The lowest BCUT2D eigenvalue weighted by Crippen LogP contribution is -2.43. The van der Waals surface area contributed by atoms with Crippen molar-refractivity contribution in [2.75, 3.05) is 20.1 Å². The second-order valence-corrected chi connectivity index (χ2v) is 6.17. The molecule has 1 aliphatic carbocycles. The van der Waals surface area contributed by atoms with Crippen molar-refractivity contribution < 1.29 is 5.11 Å².